The second-order valence-corrected chi connectivity index (χ2v) is 5.67. The summed E-state index contributed by atoms with van der Waals surface area (Å²) in [5, 5.41) is 4.92. The molecule has 1 aromatic carbocycles. The van der Waals surface area contributed by atoms with Gasteiger partial charge in [-0.2, -0.15) is 0 Å². The highest BCUT2D eigenvalue weighted by atomic mass is 35.5. The van der Waals surface area contributed by atoms with E-state index in [0.29, 0.717) is 11.3 Å². The summed E-state index contributed by atoms with van der Waals surface area (Å²) in [6.45, 7) is 0.799. The summed E-state index contributed by atoms with van der Waals surface area (Å²) in [5.74, 6) is 0. The van der Waals surface area contributed by atoms with Crippen LogP contribution in [0.5, 0.6) is 0 Å². The predicted octanol–water partition coefficient (Wildman–Crippen LogP) is 3.73. The Bertz CT molecular complexity index is 526. The van der Waals surface area contributed by atoms with Crippen LogP contribution in [-0.2, 0) is 6.54 Å². The molecule has 3 nitrogen and oxygen atoms in total. The summed E-state index contributed by atoms with van der Waals surface area (Å²) in [6.07, 6.45) is 5.77. The lowest BCUT2D eigenvalue weighted by Gasteiger charge is -2.10. The summed E-state index contributed by atoms with van der Waals surface area (Å²) in [7, 11) is 0. The minimum atomic E-state index is 0.643. The second-order valence-electron chi connectivity index (χ2n) is 4.27. The molecule has 1 saturated carbocycles. The van der Waals surface area contributed by atoms with E-state index in [-0.39, 0.29) is 0 Å². The number of nitrogens with zero attached hydrogens (tertiary/aromatic N) is 1. The largest absolute Gasteiger partial charge is 0.440 e. The van der Waals surface area contributed by atoms with Crippen molar-refractivity contribution in [2.75, 3.05) is 0 Å². The molecule has 0 saturated heterocycles. The van der Waals surface area contributed by atoms with Crippen LogP contribution >= 0.6 is 23.4 Å². The smallest absolute Gasteiger partial charge is 0.260 e. The van der Waals surface area contributed by atoms with Gasteiger partial charge >= 0.3 is 0 Å². The van der Waals surface area contributed by atoms with Crippen molar-refractivity contribution >= 4 is 23.4 Å². The first-order valence-corrected chi connectivity index (χ1v) is 7.10. The minimum absolute atomic E-state index is 0.643. The Kier molecular flexibility index (Phi) is 3.59. The Morgan fingerprint density at radius 3 is 3.06 bits per heavy atom. The Hall–Kier alpha value is -0.970. The molecule has 0 bridgehead atoms. The molecular weight excluding hydrogens is 268 g/mol. The first kappa shape index (κ1) is 12.1. The molecule has 1 heterocycles. The molecule has 0 spiro atoms. The van der Waals surface area contributed by atoms with Crippen LogP contribution in [0.2, 0.25) is 5.02 Å². The van der Waals surface area contributed by atoms with Crippen LogP contribution in [0, 0.1) is 0 Å². The molecule has 1 aromatic heterocycles. The minimum Gasteiger partial charge on any atom is -0.440 e. The van der Waals surface area contributed by atoms with E-state index >= 15 is 0 Å². The maximum Gasteiger partial charge on any atom is 0.260 e. The van der Waals surface area contributed by atoms with Gasteiger partial charge in [0.05, 0.1) is 6.20 Å². The number of aromatic nitrogens is 1. The quantitative estimate of drug-likeness (QED) is 0.906. The van der Waals surface area contributed by atoms with Gasteiger partial charge < -0.3 is 9.73 Å². The number of rotatable bonds is 5. The SMILES string of the molecule is Clc1cccc(Sc2ncco2)c1CNC1CC1. The van der Waals surface area contributed by atoms with Crippen molar-refractivity contribution in [1.82, 2.24) is 10.3 Å². The number of halogens is 1. The van der Waals surface area contributed by atoms with Gasteiger partial charge in [0.2, 0.25) is 0 Å². The zero-order valence-electron chi connectivity index (χ0n) is 9.73. The third-order valence-electron chi connectivity index (χ3n) is 2.83. The first-order chi connectivity index (χ1) is 8.83. The van der Waals surface area contributed by atoms with Crippen molar-refractivity contribution in [3.8, 4) is 0 Å². The molecule has 0 radical (unpaired) electrons. The molecule has 2 aromatic rings. The van der Waals surface area contributed by atoms with Gasteiger partial charge in [0.1, 0.15) is 6.26 Å². The summed E-state index contributed by atoms with van der Waals surface area (Å²) in [5.41, 5.74) is 1.12. The van der Waals surface area contributed by atoms with E-state index in [4.69, 9.17) is 16.0 Å². The Labute approximate surface area is 115 Å². The van der Waals surface area contributed by atoms with Gasteiger partial charge in [0.25, 0.3) is 5.22 Å². The van der Waals surface area contributed by atoms with Gasteiger partial charge in [-0.1, -0.05) is 17.7 Å². The van der Waals surface area contributed by atoms with Crippen LogP contribution in [0.15, 0.2) is 45.2 Å². The van der Waals surface area contributed by atoms with Gasteiger partial charge in [-0.05, 0) is 42.3 Å². The molecule has 18 heavy (non-hydrogen) atoms. The zero-order valence-corrected chi connectivity index (χ0v) is 11.3. The van der Waals surface area contributed by atoms with E-state index in [0.717, 1.165) is 22.0 Å². The summed E-state index contributed by atoms with van der Waals surface area (Å²) < 4.78 is 5.26. The van der Waals surface area contributed by atoms with Crippen molar-refractivity contribution < 1.29 is 4.42 Å². The van der Waals surface area contributed by atoms with E-state index in [2.05, 4.69) is 10.3 Å². The van der Waals surface area contributed by atoms with Crippen LogP contribution in [0.3, 0.4) is 0 Å². The fourth-order valence-electron chi connectivity index (χ4n) is 1.69. The fraction of sp³-hybridized carbons (Fsp3) is 0.308. The Morgan fingerprint density at radius 1 is 1.44 bits per heavy atom. The second kappa shape index (κ2) is 5.34. The van der Waals surface area contributed by atoms with Crippen molar-refractivity contribution in [3.63, 3.8) is 0 Å². The highest BCUT2D eigenvalue weighted by Crippen LogP contribution is 2.33. The van der Waals surface area contributed by atoms with Crippen molar-refractivity contribution in [1.29, 1.82) is 0 Å². The molecule has 1 fully saturated rings. The number of benzene rings is 1. The van der Waals surface area contributed by atoms with E-state index < -0.39 is 0 Å². The average Bonchev–Trinajstić information content (AvgIpc) is 3.05. The highest BCUT2D eigenvalue weighted by molar-refractivity contribution is 7.99. The van der Waals surface area contributed by atoms with Crippen LogP contribution in [0.1, 0.15) is 18.4 Å². The number of oxazole rings is 1. The topological polar surface area (TPSA) is 38.1 Å². The number of hydrogen-bond acceptors (Lipinski definition) is 4. The van der Waals surface area contributed by atoms with Gasteiger partial charge in [-0.25, -0.2) is 4.98 Å². The zero-order chi connectivity index (χ0) is 12.4. The molecule has 1 aliphatic carbocycles. The lowest BCUT2D eigenvalue weighted by atomic mass is 10.2. The molecule has 0 atom stereocenters. The molecular formula is C13H13ClN2OS. The Balaban J connectivity index is 1.80. The molecule has 94 valence electrons. The maximum atomic E-state index is 6.27. The van der Waals surface area contributed by atoms with Crippen LogP contribution in [-0.4, -0.2) is 11.0 Å². The van der Waals surface area contributed by atoms with Gasteiger partial charge in [-0.3, -0.25) is 0 Å². The van der Waals surface area contributed by atoms with Gasteiger partial charge in [-0.15, -0.1) is 0 Å². The summed E-state index contributed by atoms with van der Waals surface area (Å²) in [6, 6.07) is 6.59. The molecule has 0 amide bonds. The highest BCUT2D eigenvalue weighted by Gasteiger charge is 2.21. The molecule has 0 aliphatic heterocycles. The van der Waals surface area contributed by atoms with Crippen molar-refractivity contribution in [2.45, 2.75) is 35.5 Å². The summed E-state index contributed by atoms with van der Waals surface area (Å²) in [4.78, 5) is 5.22. The van der Waals surface area contributed by atoms with Crippen LogP contribution < -0.4 is 5.32 Å². The number of hydrogen-bond donors (Lipinski definition) is 1. The van der Waals surface area contributed by atoms with Crippen LogP contribution in [0.25, 0.3) is 0 Å². The lowest BCUT2D eigenvalue weighted by Crippen LogP contribution is -2.16. The van der Waals surface area contributed by atoms with E-state index in [9.17, 15) is 0 Å². The number of nitrogens with one attached hydrogen (secondary N) is 1. The standard InChI is InChI=1S/C13H13ClN2OS/c14-11-2-1-3-12(18-13-15-6-7-17-13)10(11)8-16-9-4-5-9/h1-3,6-7,9,16H,4-5,8H2. The molecule has 0 unspecified atom stereocenters. The third-order valence-corrected chi connectivity index (χ3v) is 4.16. The molecule has 3 rings (SSSR count). The first-order valence-electron chi connectivity index (χ1n) is 5.91. The third kappa shape index (κ3) is 2.88. The molecule has 1 aliphatic rings. The van der Waals surface area contributed by atoms with E-state index in [1.54, 1.807) is 12.5 Å². The predicted molar refractivity (Wildman–Crippen MR) is 71.9 cm³/mol. The van der Waals surface area contributed by atoms with Crippen LogP contribution in [0.4, 0.5) is 0 Å². The fourth-order valence-corrected chi connectivity index (χ4v) is 2.85. The van der Waals surface area contributed by atoms with Crippen molar-refractivity contribution in [2.24, 2.45) is 0 Å². The Morgan fingerprint density at radius 2 is 2.33 bits per heavy atom. The average molecular weight is 281 g/mol. The van der Waals surface area contributed by atoms with Crippen molar-refractivity contribution in [3.05, 3.63) is 41.2 Å². The lowest BCUT2D eigenvalue weighted by molar-refractivity contribution is 0.454. The molecule has 5 heteroatoms. The van der Waals surface area contributed by atoms with Gasteiger partial charge in [0, 0.05) is 22.5 Å². The maximum absolute atomic E-state index is 6.27. The normalized spacial score (nSPS) is 14.9. The van der Waals surface area contributed by atoms with Gasteiger partial charge in [0.15, 0.2) is 0 Å². The van der Waals surface area contributed by atoms with E-state index in [1.807, 2.05) is 18.2 Å². The van der Waals surface area contributed by atoms with E-state index in [1.165, 1.54) is 24.6 Å². The monoisotopic (exact) mass is 280 g/mol. The molecule has 1 N–H and O–H groups in total. The summed E-state index contributed by atoms with van der Waals surface area (Å²) >= 11 is 7.77.